The second kappa shape index (κ2) is 8.32. The molecule has 1 aromatic rings. The van der Waals surface area contributed by atoms with Crippen molar-refractivity contribution in [3.63, 3.8) is 0 Å². The molecule has 0 heterocycles. The highest BCUT2D eigenvalue weighted by Gasteiger charge is 2.05. The SMILES string of the molecule is COC(=O)CCC/C=C/c1cccc(OC)c1CO. The molecule has 0 saturated heterocycles. The topological polar surface area (TPSA) is 55.8 Å². The highest BCUT2D eigenvalue weighted by atomic mass is 16.5. The van der Waals surface area contributed by atoms with Crippen LogP contribution in [0.4, 0.5) is 0 Å². The maximum absolute atomic E-state index is 10.9. The number of methoxy groups -OCH3 is 2. The molecule has 0 aliphatic heterocycles. The minimum Gasteiger partial charge on any atom is -0.496 e. The van der Waals surface area contributed by atoms with Crippen molar-refractivity contribution in [1.82, 2.24) is 0 Å². The fraction of sp³-hybridized carbons (Fsp3) is 0.400. The lowest BCUT2D eigenvalue weighted by atomic mass is 10.1. The van der Waals surface area contributed by atoms with Gasteiger partial charge in [0, 0.05) is 12.0 Å². The van der Waals surface area contributed by atoms with Gasteiger partial charge in [-0.25, -0.2) is 0 Å². The Kier molecular flexibility index (Phi) is 6.68. The molecule has 0 bridgehead atoms. The summed E-state index contributed by atoms with van der Waals surface area (Å²) in [5, 5.41) is 9.36. The van der Waals surface area contributed by atoms with Crippen LogP contribution in [0.15, 0.2) is 24.3 Å². The van der Waals surface area contributed by atoms with Crippen LogP contribution < -0.4 is 4.74 Å². The first kappa shape index (κ1) is 15.2. The van der Waals surface area contributed by atoms with E-state index in [0.29, 0.717) is 12.2 Å². The van der Waals surface area contributed by atoms with Gasteiger partial charge in [0.2, 0.25) is 0 Å². The summed E-state index contributed by atoms with van der Waals surface area (Å²) >= 11 is 0. The predicted molar refractivity (Wildman–Crippen MR) is 73.8 cm³/mol. The summed E-state index contributed by atoms with van der Waals surface area (Å²) in [6.45, 7) is -0.0636. The number of hydrogen-bond donors (Lipinski definition) is 1. The molecule has 0 unspecified atom stereocenters. The first-order chi connectivity index (χ1) is 9.22. The first-order valence-corrected chi connectivity index (χ1v) is 6.23. The molecule has 1 N–H and O–H groups in total. The third kappa shape index (κ3) is 4.75. The number of carbonyl (C=O) groups excluding carboxylic acids is 1. The van der Waals surface area contributed by atoms with Crippen LogP contribution in [0.25, 0.3) is 6.08 Å². The van der Waals surface area contributed by atoms with Crippen LogP contribution in [0.2, 0.25) is 0 Å². The maximum Gasteiger partial charge on any atom is 0.305 e. The van der Waals surface area contributed by atoms with Crippen LogP contribution in [0.1, 0.15) is 30.4 Å². The molecule has 0 radical (unpaired) electrons. The van der Waals surface area contributed by atoms with E-state index >= 15 is 0 Å². The van der Waals surface area contributed by atoms with Crippen molar-refractivity contribution in [1.29, 1.82) is 0 Å². The van der Waals surface area contributed by atoms with Gasteiger partial charge in [-0.15, -0.1) is 0 Å². The van der Waals surface area contributed by atoms with Crippen molar-refractivity contribution in [2.75, 3.05) is 14.2 Å². The van der Waals surface area contributed by atoms with Gasteiger partial charge in [0.15, 0.2) is 0 Å². The fourth-order valence-corrected chi connectivity index (χ4v) is 1.78. The average Bonchev–Trinajstić information content (AvgIpc) is 2.45. The van der Waals surface area contributed by atoms with Crippen LogP contribution in [0.5, 0.6) is 5.75 Å². The minimum absolute atomic E-state index is 0.0636. The van der Waals surface area contributed by atoms with Crippen molar-refractivity contribution in [2.45, 2.75) is 25.9 Å². The summed E-state index contributed by atoms with van der Waals surface area (Å²) < 4.78 is 9.76. The lowest BCUT2D eigenvalue weighted by Crippen LogP contribution is -1.98. The van der Waals surface area contributed by atoms with Crippen LogP contribution in [0, 0.1) is 0 Å². The number of hydrogen-bond acceptors (Lipinski definition) is 4. The third-order valence-electron chi connectivity index (χ3n) is 2.82. The zero-order valence-electron chi connectivity index (χ0n) is 11.4. The molecule has 0 aromatic heterocycles. The summed E-state index contributed by atoms with van der Waals surface area (Å²) in [6.07, 6.45) is 5.88. The van der Waals surface area contributed by atoms with Gasteiger partial charge in [0.1, 0.15) is 5.75 Å². The van der Waals surface area contributed by atoms with Gasteiger partial charge in [0.05, 0.1) is 20.8 Å². The number of rotatable bonds is 7. The number of unbranched alkanes of at least 4 members (excludes halogenated alkanes) is 1. The molecule has 104 valence electrons. The Morgan fingerprint density at radius 2 is 2.16 bits per heavy atom. The molecule has 0 atom stereocenters. The predicted octanol–water partition coefficient (Wildman–Crippen LogP) is 2.54. The lowest BCUT2D eigenvalue weighted by molar-refractivity contribution is -0.140. The summed E-state index contributed by atoms with van der Waals surface area (Å²) in [6, 6.07) is 5.62. The molecule has 1 aromatic carbocycles. The maximum atomic E-state index is 10.9. The van der Waals surface area contributed by atoms with E-state index in [-0.39, 0.29) is 12.6 Å². The normalized spacial score (nSPS) is 10.7. The highest BCUT2D eigenvalue weighted by Crippen LogP contribution is 2.23. The molecule has 0 aliphatic carbocycles. The Morgan fingerprint density at radius 3 is 2.79 bits per heavy atom. The Morgan fingerprint density at radius 1 is 1.37 bits per heavy atom. The van der Waals surface area contributed by atoms with Gasteiger partial charge >= 0.3 is 5.97 Å². The van der Waals surface area contributed by atoms with Gasteiger partial charge in [-0.3, -0.25) is 4.79 Å². The van der Waals surface area contributed by atoms with Gasteiger partial charge in [-0.05, 0) is 24.5 Å². The molecular formula is C15H20O4. The van der Waals surface area contributed by atoms with Crippen LogP contribution >= 0.6 is 0 Å². The standard InChI is InChI=1S/C15H20O4/c1-18-14-9-6-8-12(13(14)11-16)7-4-3-5-10-15(17)19-2/h4,6-9,16H,3,5,10-11H2,1-2H3/b7-4+. The summed E-state index contributed by atoms with van der Waals surface area (Å²) in [7, 11) is 2.97. The molecule has 0 aliphatic rings. The van der Waals surface area contributed by atoms with Gasteiger partial charge in [-0.1, -0.05) is 24.3 Å². The van der Waals surface area contributed by atoms with Crippen LogP contribution in [-0.4, -0.2) is 25.3 Å². The third-order valence-corrected chi connectivity index (χ3v) is 2.82. The molecule has 0 saturated carbocycles. The smallest absolute Gasteiger partial charge is 0.305 e. The van der Waals surface area contributed by atoms with Crippen molar-refractivity contribution >= 4 is 12.0 Å². The summed E-state index contributed by atoms with van der Waals surface area (Å²) in [5.41, 5.74) is 1.70. The Bertz CT molecular complexity index is 438. The Balaban J connectivity index is 2.59. The molecular weight excluding hydrogens is 244 g/mol. The number of aliphatic hydroxyl groups is 1. The minimum atomic E-state index is -0.189. The quantitative estimate of drug-likeness (QED) is 0.607. The van der Waals surface area contributed by atoms with Crippen molar-refractivity contribution in [3.8, 4) is 5.75 Å². The molecule has 4 heteroatoms. The summed E-state index contributed by atoms with van der Waals surface area (Å²) in [4.78, 5) is 10.9. The van der Waals surface area contributed by atoms with E-state index in [1.165, 1.54) is 7.11 Å². The molecule has 0 spiro atoms. The van der Waals surface area contributed by atoms with E-state index in [0.717, 1.165) is 24.0 Å². The molecule has 19 heavy (non-hydrogen) atoms. The van der Waals surface area contributed by atoms with Gasteiger partial charge < -0.3 is 14.6 Å². The number of esters is 1. The first-order valence-electron chi connectivity index (χ1n) is 6.23. The number of benzene rings is 1. The van der Waals surface area contributed by atoms with Crippen LogP contribution in [0.3, 0.4) is 0 Å². The van der Waals surface area contributed by atoms with Gasteiger partial charge in [-0.2, -0.15) is 0 Å². The number of allylic oxidation sites excluding steroid dienone is 1. The Labute approximate surface area is 113 Å². The number of aliphatic hydroxyl groups excluding tert-OH is 1. The number of carbonyl (C=O) groups is 1. The van der Waals surface area contributed by atoms with Crippen LogP contribution in [-0.2, 0) is 16.1 Å². The Hall–Kier alpha value is -1.81. The van der Waals surface area contributed by atoms with E-state index in [1.807, 2.05) is 30.4 Å². The monoisotopic (exact) mass is 264 g/mol. The molecule has 1 rings (SSSR count). The average molecular weight is 264 g/mol. The van der Waals surface area contributed by atoms with Crippen molar-refractivity contribution < 1.29 is 19.4 Å². The van der Waals surface area contributed by atoms with E-state index in [1.54, 1.807) is 7.11 Å². The molecule has 0 fully saturated rings. The fourth-order valence-electron chi connectivity index (χ4n) is 1.78. The second-order valence-corrected chi connectivity index (χ2v) is 4.06. The van der Waals surface area contributed by atoms with E-state index < -0.39 is 0 Å². The van der Waals surface area contributed by atoms with E-state index in [2.05, 4.69) is 4.74 Å². The zero-order valence-corrected chi connectivity index (χ0v) is 11.4. The van der Waals surface area contributed by atoms with Crippen molar-refractivity contribution in [2.24, 2.45) is 0 Å². The van der Waals surface area contributed by atoms with Crippen molar-refractivity contribution in [3.05, 3.63) is 35.4 Å². The van der Waals surface area contributed by atoms with E-state index in [4.69, 9.17) is 4.74 Å². The second-order valence-electron chi connectivity index (χ2n) is 4.06. The molecule has 4 nitrogen and oxygen atoms in total. The van der Waals surface area contributed by atoms with Gasteiger partial charge in [0.25, 0.3) is 0 Å². The summed E-state index contributed by atoms with van der Waals surface area (Å²) in [5.74, 6) is 0.491. The molecule has 0 amide bonds. The zero-order chi connectivity index (χ0) is 14.1. The highest BCUT2D eigenvalue weighted by molar-refractivity contribution is 5.69. The lowest BCUT2D eigenvalue weighted by Gasteiger charge is -2.08. The van der Waals surface area contributed by atoms with E-state index in [9.17, 15) is 9.90 Å². The largest absolute Gasteiger partial charge is 0.496 e. The number of ether oxygens (including phenoxy) is 2.